The molecule has 0 bridgehead atoms. The Morgan fingerprint density at radius 3 is 2.24 bits per heavy atom. The SMILES string of the molecule is C=CCN1CCC2(C1)CN(C(=O)C1CC(O)C1)C2.O=C(O)C(F)(F)F. The minimum absolute atomic E-state index is 0.100. The Bertz CT molecular complexity index is 526. The van der Waals surface area contributed by atoms with Crippen LogP contribution in [-0.2, 0) is 9.59 Å². The molecular weight excluding hydrogens is 341 g/mol. The van der Waals surface area contributed by atoms with E-state index in [4.69, 9.17) is 9.90 Å². The van der Waals surface area contributed by atoms with Gasteiger partial charge in [0, 0.05) is 37.5 Å². The number of carbonyl (C=O) groups excluding carboxylic acids is 1. The van der Waals surface area contributed by atoms with E-state index in [1.165, 1.54) is 6.42 Å². The van der Waals surface area contributed by atoms with Crippen LogP contribution < -0.4 is 0 Å². The van der Waals surface area contributed by atoms with E-state index < -0.39 is 12.1 Å². The molecule has 0 radical (unpaired) electrons. The van der Waals surface area contributed by atoms with E-state index in [0.29, 0.717) is 18.3 Å². The molecule has 1 aliphatic carbocycles. The summed E-state index contributed by atoms with van der Waals surface area (Å²) in [5.41, 5.74) is 0.362. The fourth-order valence-electron chi connectivity index (χ4n) is 3.59. The predicted molar refractivity (Wildman–Crippen MR) is 82.7 cm³/mol. The number of likely N-dealkylation sites (tertiary alicyclic amines) is 2. The minimum atomic E-state index is -5.08. The van der Waals surface area contributed by atoms with Gasteiger partial charge in [-0.2, -0.15) is 13.2 Å². The highest BCUT2D eigenvalue weighted by atomic mass is 19.4. The number of rotatable bonds is 3. The van der Waals surface area contributed by atoms with E-state index in [2.05, 4.69) is 11.5 Å². The molecule has 9 heteroatoms. The highest BCUT2D eigenvalue weighted by Crippen LogP contribution is 2.41. The maximum absolute atomic E-state index is 12.1. The smallest absolute Gasteiger partial charge is 0.475 e. The minimum Gasteiger partial charge on any atom is -0.475 e. The van der Waals surface area contributed by atoms with Gasteiger partial charge in [0.15, 0.2) is 0 Å². The second-order valence-corrected chi connectivity index (χ2v) is 7.09. The number of alkyl halides is 3. The Morgan fingerprint density at radius 1 is 1.24 bits per heavy atom. The second-order valence-electron chi connectivity index (χ2n) is 7.09. The first-order valence-corrected chi connectivity index (χ1v) is 8.16. The van der Waals surface area contributed by atoms with Crippen molar-refractivity contribution in [3.63, 3.8) is 0 Å². The highest BCUT2D eigenvalue weighted by molar-refractivity contribution is 5.80. The van der Waals surface area contributed by atoms with Crippen LogP contribution in [0.15, 0.2) is 12.7 Å². The summed E-state index contributed by atoms with van der Waals surface area (Å²) in [5, 5.41) is 16.4. The van der Waals surface area contributed by atoms with E-state index in [1.54, 1.807) is 0 Å². The molecule has 2 heterocycles. The van der Waals surface area contributed by atoms with Crippen molar-refractivity contribution in [1.29, 1.82) is 0 Å². The normalized spacial score (nSPS) is 27.8. The van der Waals surface area contributed by atoms with Gasteiger partial charge in [0.25, 0.3) is 0 Å². The molecule has 0 aromatic heterocycles. The van der Waals surface area contributed by atoms with Crippen molar-refractivity contribution in [3.8, 4) is 0 Å². The van der Waals surface area contributed by atoms with Crippen molar-refractivity contribution >= 4 is 11.9 Å². The molecule has 0 unspecified atom stereocenters. The quantitative estimate of drug-likeness (QED) is 0.734. The van der Waals surface area contributed by atoms with Gasteiger partial charge in [-0.3, -0.25) is 9.69 Å². The molecule has 2 aliphatic heterocycles. The predicted octanol–water partition coefficient (Wildman–Crippen LogP) is 1.11. The lowest BCUT2D eigenvalue weighted by Gasteiger charge is -2.50. The number of aliphatic carboxylic acids is 1. The Kier molecular flexibility index (Phi) is 5.78. The molecule has 0 aromatic carbocycles. The summed E-state index contributed by atoms with van der Waals surface area (Å²) in [6.45, 7) is 8.83. The summed E-state index contributed by atoms with van der Waals surface area (Å²) in [5.74, 6) is -2.39. The summed E-state index contributed by atoms with van der Waals surface area (Å²) in [4.78, 5) is 25.4. The van der Waals surface area contributed by atoms with Crippen molar-refractivity contribution in [2.45, 2.75) is 31.5 Å². The van der Waals surface area contributed by atoms with Crippen LogP contribution in [0, 0.1) is 11.3 Å². The number of aliphatic hydroxyl groups is 1. The monoisotopic (exact) mass is 364 g/mol. The average molecular weight is 364 g/mol. The van der Waals surface area contributed by atoms with Crippen molar-refractivity contribution < 1.29 is 33.0 Å². The number of aliphatic hydroxyl groups excluding tert-OH is 1. The van der Waals surface area contributed by atoms with Gasteiger partial charge in [0.1, 0.15) is 0 Å². The molecule has 1 amide bonds. The molecule has 3 rings (SSSR count). The van der Waals surface area contributed by atoms with Gasteiger partial charge in [0.05, 0.1) is 6.10 Å². The topological polar surface area (TPSA) is 81.1 Å². The molecule has 142 valence electrons. The summed E-state index contributed by atoms with van der Waals surface area (Å²) in [6, 6.07) is 0. The number of carbonyl (C=O) groups is 2. The third kappa shape index (κ3) is 4.72. The first-order valence-electron chi connectivity index (χ1n) is 8.16. The van der Waals surface area contributed by atoms with Crippen molar-refractivity contribution in [1.82, 2.24) is 9.80 Å². The summed E-state index contributed by atoms with van der Waals surface area (Å²) in [7, 11) is 0. The van der Waals surface area contributed by atoms with Crippen molar-refractivity contribution in [2.75, 3.05) is 32.7 Å². The second kappa shape index (κ2) is 7.33. The number of nitrogens with zero attached hydrogens (tertiary/aromatic N) is 2. The van der Waals surface area contributed by atoms with Crippen LogP contribution >= 0.6 is 0 Å². The van der Waals surface area contributed by atoms with Crippen LogP contribution in [0.2, 0.25) is 0 Å². The fourth-order valence-corrected chi connectivity index (χ4v) is 3.59. The van der Waals surface area contributed by atoms with Crippen molar-refractivity contribution in [3.05, 3.63) is 12.7 Å². The largest absolute Gasteiger partial charge is 0.490 e. The van der Waals surface area contributed by atoms with E-state index in [0.717, 1.165) is 32.7 Å². The number of carboxylic acid groups (broad SMARTS) is 1. The highest BCUT2D eigenvalue weighted by Gasteiger charge is 2.50. The first-order chi connectivity index (χ1) is 11.6. The Labute approximate surface area is 143 Å². The third-order valence-corrected chi connectivity index (χ3v) is 4.97. The maximum atomic E-state index is 12.1. The van der Waals surface area contributed by atoms with Gasteiger partial charge in [-0.1, -0.05) is 6.08 Å². The summed E-state index contributed by atoms with van der Waals surface area (Å²) in [6.07, 6.45) is -0.812. The summed E-state index contributed by atoms with van der Waals surface area (Å²) >= 11 is 0. The van der Waals surface area contributed by atoms with Crippen LogP contribution in [-0.4, -0.2) is 76.9 Å². The molecule has 1 spiro atoms. The van der Waals surface area contributed by atoms with Gasteiger partial charge >= 0.3 is 12.1 Å². The standard InChI is InChI=1S/C14H22N2O2.C2HF3O2/c1-2-4-15-5-3-14(8-15)9-16(10-14)13(18)11-6-12(17)7-11;3-2(4,5)1(6)7/h2,11-12,17H,1,3-10H2;(H,6,7). The molecule has 0 aromatic rings. The average Bonchev–Trinajstić information content (AvgIpc) is 2.86. The van der Waals surface area contributed by atoms with Gasteiger partial charge < -0.3 is 15.1 Å². The molecule has 3 aliphatic rings. The van der Waals surface area contributed by atoms with Gasteiger partial charge in [-0.25, -0.2) is 4.79 Å². The zero-order valence-corrected chi connectivity index (χ0v) is 13.8. The van der Waals surface area contributed by atoms with Crippen LogP contribution in [0.3, 0.4) is 0 Å². The lowest BCUT2D eigenvalue weighted by Crippen LogP contribution is -2.61. The van der Waals surface area contributed by atoms with Gasteiger partial charge in [-0.05, 0) is 25.8 Å². The molecule has 0 atom stereocenters. The number of hydrogen-bond acceptors (Lipinski definition) is 4. The zero-order valence-electron chi connectivity index (χ0n) is 13.8. The van der Waals surface area contributed by atoms with E-state index >= 15 is 0 Å². The zero-order chi connectivity index (χ0) is 18.8. The number of hydrogen-bond donors (Lipinski definition) is 2. The van der Waals surface area contributed by atoms with Crippen LogP contribution in [0.4, 0.5) is 13.2 Å². The molecule has 25 heavy (non-hydrogen) atoms. The molecule has 6 nitrogen and oxygen atoms in total. The fraction of sp³-hybridized carbons (Fsp3) is 0.750. The molecule has 2 N–H and O–H groups in total. The Balaban J connectivity index is 0.000000277. The van der Waals surface area contributed by atoms with E-state index in [9.17, 15) is 23.1 Å². The number of halogens is 3. The Morgan fingerprint density at radius 2 is 1.80 bits per heavy atom. The molecule has 3 fully saturated rings. The summed E-state index contributed by atoms with van der Waals surface area (Å²) < 4.78 is 31.7. The van der Waals surface area contributed by atoms with Gasteiger partial charge in [-0.15, -0.1) is 6.58 Å². The first kappa shape index (κ1) is 19.7. The van der Waals surface area contributed by atoms with E-state index in [-0.39, 0.29) is 17.9 Å². The number of carboxylic acids is 1. The lowest BCUT2D eigenvalue weighted by molar-refractivity contribution is -0.192. The number of amides is 1. The lowest BCUT2D eigenvalue weighted by atomic mass is 9.75. The van der Waals surface area contributed by atoms with Crippen LogP contribution in [0.25, 0.3) is 0 Å². The molecule has 1 saturated carbocycles. The van der Waals surface area contributed by atoms with Crippen molar-refractivity contribution in [2.24, 2.45) is 11.3 Å². The third-order valence-electron chi connectivity index (χ3n) is 4.97. The van der Waals surface area contributed by atoms with Crippen LogP contribution in [0.1, 0.15) is 19.3 Å². The molecule has 2 saturated heterocycles. The maximum Gasteiger partial charge on any atom is 0.490 e. The van der Waals surface area contributed by atoms with E-state index in [1.807, 2.05) is 11.0 Å². The van der Waals surface area contributed by atoms with Gasteiger partial charge in [0.2, 0.25) is 5.91 Å². The molecular formula is C16H23F3N2O4. The van der Waals surface area contributed by atoms with Crippen LogP contribution in [0.5, 0.6) is 0 Å². The Hall–Kier alpha value is -1.61.